The van der Waals surface area contributed by atoms with Crippen LogP contribution >= 0.6 is 0 Å². The van der Waals surface area contributed by atoms with Crippen LogP contribution < -0.4 is 5.73 Å². The summed E-state index contributed by atoms with van der Waals surface area (Å²) < 4.78 is 18.0. The number of aromatic amines is 1. The summed E-state index contributed by atoms with van der Waals surface area (Å²) in [7, 11) is 1.29. The van der Waals surface area contributed by atoms with Gasteiger partial charge in [0.1, 0.15) is 11.9 Å². The van der Waals surface area contributed by atoms with Crippen molar-refractivity contribution in [1.29, 1.82) is 0 Å². The quantitative estimate of drug-likeness (QED) is 0.790. The van der Waals surface area contributed by atoms with Gasteiger partial charge < -0.3 is 15.5 Å². The molecule has 0 aliphatic heterocycles. The molecule has 90 valence electrons. The van der Waals surface area contributed by atoms with Crippen molar-refractivity contribution in [2.24, 2.45) is 5.73 Å². The molecule has 1 atom stereocenters. The number of benzene rings is 1. The summed E-state index contributed by atoms with van der Waals surface area (Å²) in [5.74, 6) is -0.795. The van der Waals surface area contributed by atoms with Crippen LogP contribution in [0.2, 0.25) is 0 Å². The summed E-state index contributed by atoms with van der Waals surface area (Å²) in [6.07, 6.45) is 1.98. The number of carbonyl (C=O) groups excluding carboxylic acids is 1. The maximum Gasteiger partial charge on any atom is 0.322 e. The van der Waals surface area contributed by atoms with Gasteiger partial charge in [-0.3, -0.25) is 4.79 Å². The summed E-state index contributed by atoms with van der Waals surface area (Å²) in [4.78, 5) is 14.0. The van der Waals surface area contributed by atoms with Crippen molar-refractivity contribution < 1.29 is 13.9 Å². The van der Waals surface area contributed by atoms with Crippen LogP contribution in [0.15, 0.2) is 24.4 Å². The molecule has 1 heterocycles. The van der Waals surface area contributed by atoms with Crippen molar-refractivity contribution in [3.63, 3.8) is 0 Å². The predicted octanol–water partition coefficient (Wildman–Crippen LogP) is 1.35. The number of fused-ring (bicyclic) bond motifs is 1. The van der Waals surface area contributed by atoms with E-state index in [4.69, 9.17) is 5.73 Å². The molecule has 0 amide bonds. The van der Waals surface area contributed by atoms with Gasteiger partial charge in [-0.05, 0) is 11.6 Å². The molecule has 1 aromatic carbocycles. The smallest absolute Gasteiger partial charge is 0.322 e. The van der Waals surface area contributed by atoms with Gasteiger partial charge in [0.15, 0.2) is 0 Å². The van der Waals surface area contributed by atoms with Gasteiger partial charge >= 0.3 is 5.97 Å². The van der Waals surface area contributed by atoms with Crippen LogP contribution in [0.4, 0.5) is 4.39 Å². The molecule has 0 fully saturated rings. The van der Waals surface area contributed by atoms with E-state index < -0.39 is 12.0 Å². The highest BCUT2D eigenvalue weighted by Gasteiger charge is 2.17. The molecule has 0 saturated carbocycles. The maximum absolute atomic E-state index is 13.4. The zero-order valence-electron chi connectivity index (χ0n) is 9.37. The van der Waals surface area contributed by atoms with Gasteiger partial charge in [-0.15, -0.1) is 0 Å². The van der Waals surface area contributed by atoms with Gasteiger partial charge in [-0.1, -0.05) is 12.1 Å². The van der Waals surface area contributed by atoms with Crippen LogP contribution in [-0.4, -0.2) is 24.1 Å². The molecule has 2 rings (SSSR count). The molecule has 1 aromatic heterocycles. The number of nitrogens with one attached hydrogen (secondary N) is 1. The number of rotatable bonds is 3. The molecule has 0 aliphatic rings. The SMILES string of the molecule is COC(=O)C(N)Cc1c[nH]c2c(F)cccc12. The highest BCUT2D eigenvalue weighted by atomic mass is 19.1. The third-order valence-electron chi connectivity index (χ3n) is 2.69. The minimum atomic E-state index is -0.734. The second-order valence-electron chi connectivity index (χ2n) is 3.81. The molecule has 0 spiro atoms. The highest BCUT2D eigenvalue weighted by Crippen LogP contribution is 2.21. The number of hydrogen-bond acceptors (Lipinski definition) is 3. The third-order valence-corrected chi connectivity index (χ3v) is 2.69. The molecular formula is C12H13FN2O2. The van der Waals surface area contributed by atoms with Gasteiger partial charge in [-0.2, -0.15) is 0 Å². The first-order valence-electron chi connectivity index (χ1n) is 5.21. The van der Waals surface area contributed by atoms with Crippen LogP contribution in [0.5, 0.6) is 0 Å². The van der Waals surface area contributed by atoms with Crippen LogP contribution in [-0.2, 0) is 16.0 Å². The topological polar surface area (TPSA) is 68.1 Å². The average molecular weight is 236 g/mol. The fraction of sp³-hybridized carbons (Fsp3) is 0.250. The second-order valence-corrected chi connectivity index (χ2v) is 3.81. The summed E-state index contributed by atoms with van der Waals surface area (Å²) in [6.45, 7) is 0. The Hall–Kier alpha value is -1.88. The predicted molar refractivity (Wildman–Crippen MR) is 62.0 cm³/mol. The molecule has 0 bridgehead atoms. The van der Waals surface area contributed by atoms with Crippen molar-refractivity contribution in [3.05, 3.63) is 35.8 Å². The van der Waals surface area contributed by atoms with Crippen molar-refractivity contribution in [2.45, 2.75) is 12.5 Å². The fourth-order valence-corrected chi connectivity index (χ4v) is 1.82. The maximum atomic E-state index is 13.4. The van der Waals surface area contributed by atoms with E-state index >= 15 is 0 Å². The zero-order valence-corrected chi connectivity index (χ0v) is 9.37. The minimum Gasteiger partial charge on any atom is -0.468 e. The molecule has 4 nitrogen and oxygen atoms in total. The third kappa shape index (κ3) is 2.14. The van der Waals surface area contributed by atoms with E-state index in [1.807, 2.05) is 0 Å². The van der Waals surface area contributed by atoms with Gasteiger partial charge in [0.25, 0.3) is 0 Å². The Morgan fingerprint density at radius 3 is 3.06 bits per heavy atom. The number of carbonyl (C=O) groups is 1. The van der Waals surface area contributed by atoms with E-state index in [9.17, 15) is 9.18 Å². The molecule has 0 saturated heterocycles. The number of ether oxygens (including phenoxy) is 1. The number of halogens is 1. The Bertz CT molecular complexity index is 550. The van der Waals surface area contributed by atoms with Crippen molar-refractivity contribution in [1.82, 2.24) is 4.98 Å². The Kier molecular flexibility index (Phi) is 3.10. The van der Waals surface area contributed by atoms with Gasteiger partial charge in [0.2, 0.25) is 0 Å². The summed E-state index contributed by atoms with van der Waals surface area (Å²) in [5.41, 5.74) is 6.90. The van der Waals surface area contributed by atoms with Crippen LogP contribution in [0.3, 0.4) is 0 Å². The average Bonchev–Trinajstić information content (AvgIpc) is 2.73. The highest BCUT2D eigenvalue weighted by molar-refractivity contribution is 5.85. The lowest BCUT2D eigenvalue weighted by atomic mass is 10.1. The first-order valence-corrected chi connectivity index (χ1v) is 5.21. The first-order chi connectivity index (χ1) is 8.13. The monoisotopic (exact) mass is 236 g/mol. The van der Waals surface area contributed by atoms with E-state index in [0.717, 1.165) is 10.9 Å². The van der Waals surface area contributed by atoms with E-state index in [-0.39, 0.29) is 5.82 Å². The molecule has 3 N–H and O–H groups in total. The lowest BCUT2D eigenvalue weighted by molar-refractivity contribution is -0.142. The Labute approximate surface area is 97.6 Å². The van der Waals surface area contributed by atoms with Crippen LogP contribution in [0, 0.1) is 5.82 Å². The van der Waals surface area contributed by atoms with Gasteiger partial charge in [0.05, 0.1) is 12.6 Å². The van der Waals surface area contributed by atoms with Crippen molar-refractivity contribution in [3.8, 4) is 0 Å². The number of esters is 1. The Morgan fingerprint density at radius 1 is 1.59 bits per heavy atom. The van der Waals surface area contributed by atoms with E-state index in [0.29, 0.717) is 11.9 Å². The summed E-state index contributed by atoms with van der Waals surface area (Å²) in [6, 6.07) is 4.05. The minimum absolute atomic E-state index is 0.316. The second kappa shape index (κ2) is 4.55. The molecule has 2 aromatic rings. The molecule has 0 radical (unpaired) electrons. The Balaban J connectivity index is 2.31. The fourth-order valence-electron chi connectivity index (χ4n) is 1.82. The van der Waals surface area contributed by atoms with Gasteiger partial charge in [-0.25, -0.2) is 4.39 Å². The largest absolute Gasteiger partial charge is 0.468 e. The lowest BCUT2D eigenvalue weighted by Crippen LogP contribution is -2.33. The van der Waals surface area contributed by atoms with Crippen LogP contribution in [0.25, 0.3) is 10.9 Å². The molecule has 0 aliphatic carbocycles. The number of aromatic nitrogens is 1. The first kappa shape index (κ1) is 11.6. The molecule has 1 unspecified atom stereocenters. The van der Waals surface area contributed by atoms with Crippen molar-refractivity contribution >= 4 is 16.9 Å². The van der Waals surface area contributed by atoms with E-state index in [2.05, 4.69) is 9.72 Å². The number of methoxy groups -OCH3 is 1. The standard InChI is InChI=1S/C12H13FN2O2/c1-17-12(16)10(14)5-7-6-15-11-8(7)3-2-4-9(11)13/h2-4,6,10,15H,5,14H2,1H3. The normalized spacial score (nSPS) is 12.6. The molecule has 17 heavy (non-hydrogen) atoms. The number of para-hydroxylation sites is 1. The number of hydrogen-bond donors (Lipinski definition) is 2. The molecule has 5 heteroatoms. The van der Waals surface area contributed by atoms with E-state index in [1.165, 1.54) is 13.2 Å². The Morgan fingerprint density at radius 2 is 2.35 bits per heavy atom. The zero-order chi connectivity index (χ0) is 12.4. The summed E-state index contributed by atoms with van der Waals surface area (Å²) >= 11 is 0. The van der Waals surface area contributed by atoms with Crippen LogP contribution in [0.1, 0.15) is 5.56 Å². The number of nitrogens with two attached hydrogens (primary N) is 1. The summed E-state index contributed by atoms with van der Waals surface area (Å²) in [5, 5.41) is 0.740. The molecular weight excluding hydrogens is 223 g/mol. The van der Waals surface area contributed by atoms with Crippen molar-refractivity contribution in [2.75, 3.05) is 7.11 Å². The van der Waals surface area contributed by atoms with E-state index in [1.54, 1.807) is 18.3 Å². The lowest BCUT2D eigenvalue weighted by Gasteiger charge is -2.07. The number of H-pyrrole nitrogens is 1. The van der Waals surface area contributed by atoms with Gasteiger partial charge in [0, 0.05) is 18.0 Å².